The van der Waals surface area contributed by atoms with Gasteiger partial charge in [-0.2, -0.15) is 4.31 Å². The molecule has 1 N–H and O–H groups in total. The van der Waals surface area contributed by atoms with Crippen LogP contribution in [0.5, 0.6) is 5.75 Å². The summed E-state index contributed by atoms with van der Waals surface area (Å²) in [5.41, 5.74) is 0.670. The second kappa shape index (κ2) is 10.0. The monoisotopic (exact) mass is 480 g/mol. The van der Waals surface area contributed by atoms with E-state index in [2.05, 4.69) is 5.32 Å². The number of amides is 1. The number of rotatable bonds is 8. The second-order valence-corrected chi connectivity index (χ2v) is 12.1. The summed E-state index contributed by atoms with van der Waals surface area (Å²) < 4.78 is 55.6. The van der Waals surface area contributed by atoms with Crippen molar-refractivity contribution in [2.45, 2.75) is 37.1 Å². The Balaban J connectivity index is 1.72. The molecule has 1 fully saturated rings. The fraction of sp³-hybridized carbons (Fsp3) is 0.409. The van der Waals surface area contributed by atoms with Crippen molar-refractivity contribution < 1.29 is 26.4 Å². The Labute approximate surface area is 189 Å². The van der Waals surface area contributed by atoms with Crippen LogP contribution in [0.25, 0.3) is 0 Å². The average molecular weight is 481 g/mol. The predicted molar refractivity (Wildman–Crippen MR) is 123 cm³/mol. The predicted octanol–water partition coefficient (Wildman–Crippen LogP) is 2.93. The number of hydrogen-bond donors (Lipinski definition) is 1. The van der Waals surface area contributed by atoms with E-state index in [-0.39, 0.29) is 28.9 Å². The molecule has 1 heterocycles. The van der Waals surface area contributed by atoms with Gasteiger partial charge in [0.2, 0.25) is 10.0 Å². The summed E-state index contributed by atoms with van der Waals surface area (Å²) in [6.45, 7) is 2.38. The molecule has 0 aromatic heterocycles. The Hall–Kier alpha value is -2.43. The van der Waals surface area contributed by atoms with E-state index >= 15 is 0 Å². The molecule has 0 aliphatic carbocycles. The number of benzene rings is 2. The standard InChI is InChI=1S/C22H28N2O6S2/c1-17-7-3-4-12-24(17)32(28,29)21-11-5-8-18(15-21)22(25)23-19-9-6-10-20(16-19)30-13-14-31(2,26)27/h5-6,8-11,15-17H,3-4,7,12-14H2,1-2H3,(H,23,25). The maximum Gasteiger partial charge on any atom is 0.255 e. The number of ether oxygens (including phenoxy) is 1. The number of anilines is 1. The summed E-state index contributed by atoms with van der Waals surface area (Å²) in [7, 11) is -6.82. The summed E-state index contributed by atoms with van der Waals surface area (Å²) in [4.78, 5) is 12.8. The molecule has 1 aliphatic heterocycles. The van der Waals surface area contributed by atoms with Crippen molar-refractivity contribution in [2.24, 2.45) is 0 Å². The minimum absolute atomic E-state index is 0.00502. The zero-order valence-corrected chi connectivity index (χ0v) is 19.8. The maximum atomic E-state index is 13.1. The highest BCUT2D eigenvalue weighted by molar-refractivity contribution is 7.90. The van der Waals surface area contributed by atoms with Crippen LogP contribution in [0.1, 0.15) is 36.5 Å². The van der Waals surface area contributed by atoms with E-state index in [1.165, 1.54) is 16.4 Å². The van der Waals surface area contributed by atoms with E-state index < -0.39 is 25.8 Å². The van der Waals surface area contributed by atoms with Gasteiger partial charge in [0, 0.05) is 36.2 Å². The van der Waals surface area contributed by atoms with E-state index in [1.807, 2.05) is 6.92 Å². The highest BCUT2D eigenvalue weighted by Crippen LogP contribution is 2.26. The Morgan fingerprint density at radius 1 is 1.09 bits per heavy atom. The zero-order valence-electron chi connectivity index (χ0n) is 18.2. The highest BCUT2D eigenvalue weighted by atomic mass is 32.2. The SMILES string of the molecule is CC1CCCCN1S(=O)(=O)c1cccc(C(=O)Nc2cccc(OCCS(C)(=O)=O)c2)c1. The first-order valence-electron chi connectivity index (χ1n) is 10.4. The fourth-order valence-corrected chi connectivity index (χ4v) is 5.67. The minimum atomic E-state index is -3.68. The number of carbonyl (C=O) groups is 1. The molecule has 3 rings (SSSR count). The molecular weight excluding hydrogens is 452 g/mol. The lowest BCUT2D eigenvalue weighted by Crippen LogP contribution is -2.41. The minimum Gasteiger partial charge on any atom is -0.492 e. The van der Waals surface area contributed by atoms with Gasteiger partial charge in [0.05, 0.1) is 10.6 Å². The van der Waals surface area contributed by atoms with E-state index in [4.69, 9.17) is 4.74 Å². The van der Waals surface area contributed by atoms with Gasteiger partial charge in [-0.15, -0.1) is 0 Å². The van der Waals surface area contributed by atoms with Crippen molar-refractivity contribution in [1.29, 1.82) is 0 Å². The van der Waals surface area contributed by atoms with Gasteiger partial charge in [0.1, 0.15) is 12.4 Å². The van der Waals surface area contributed by atoms with Crippen molar-refractivity contribution in [3.05, 3.63) is 54.1 Å². The third-order valence-corrected chi connectivity index (χ3v) is 8.18. The van der Waals surface area contributed by atoms with E-state index in [0.717, 1.165) is 25.5 Å². The van der Waals surface area contributed by atoms with E-state index in [0.29, 0.717) is 18.0 Å². The molecular formula is C22H28N2O6S2. The van der Waals surface area contributed by atoms with E-state index in [9.17, 15) is 21.6 Å². The van der Waals surface area contributed by atoms with Crippen LogP contribution in [-0.2, 0) is 19.9 Å². The molecule has 174 valence electrons. The molecule has 0 radical (unpaired) electrons. The number of sulfone groups is 1. The molecule has 1 aliphatic rings. The highest BCUT2D eigenvalue weighted by Gasteiger charge is 2.31. The number of piperidine rings is 1. The first kappa shape index (κ1) is 24.2. The molecule has 1 saturated heterocycles. The van der Waals surface area contributed by atoms with Crippen molar-refractivity contribution in [3.8, 4) is 5.75 Å². The molecule has 8 nitrogen and oxygen atoms in total. The van der Waals surface area contributed by atoms with Crippen LogP contribution in [-0.4, -0.2) is 58.3 Å². The van der Waals surface area contributed by atoms with Gasteiger partial charge >= 0.3 is 0 Å². The molecule has 0 spiro atoms. The first-order valence-corrected chi connectivity index (χ1v) is 13.9. The van der Waals surface area contributed by atoms with Crippen molar-refractivity contribution >= 4 is 31.5 Å². The largest absolute Gasteiger partial charge is 0.492 e. The van der Waals surface area contributed by atoms with Gasteiger partial charge < -0.3 is 10.1 Å². The van der Waals surface area contributed by atoms with Crippen molar-refractivity contribution in [1.82, 2.24) is 4.31 Å². The molecule has 32 heavy (non-hydrogen) atoms. The molecule has 0 saturated carbocycles. The topological polar surface area (TPSA) is 110 Å². The third-order valence-electron chi connectivity index (χ3n) is 5.26. The third kappa shape index (κ3) is 6.30. The molecule has 2 aromatic rings. The van der Waals surface area contributed by atoms with Gasteiger partial charge in [0.25, 0.3) is 5.91 Å². The first-order chi connectivity index (χ1) is 15.1. The summed E-state index contributed by atoms with van der Waals surface area (Å²) in [6, 6.07) is 12.5. The van der Waals surface area contributed by atoms with E-state index in [1.54, 1.807) is 36.4 Å². The number of sulfonamides is 1. The smallest absolute Gasteiger partial charge is 0.255 e. The number of nitrogens with zero attached hydrogens (tertiary/aromatic N) is 1. The Kier molecular flexibility index (Phi) is 7.58. The summed E-state index contributed by atoms with van der Waals surface area (Å²) >= 11 is 0. The number of carbonyl (C=O) groups excluding carboxylic acids is 1. The van der Waals surface area contributed by atoms with Crippen LogP contribution in [0.2, 0.25) is 0 Å². The number of hydrogen-bond acceptors (Lipinski definition) is 6. The molecule has 2 aromatic carbocycles. The van der Waals surface area contributed by atoms with Crippen molar-refractivity contribution in [3.63, 3.8) is 0 Å². The quantitative estimate of drug-likeness (QED) is 0.622. The lowest BCUT2D eigenvalue weighted by Gasteiger charge is -2.32. The Morgan fingerprint density at radius 2 is 1.84 bits per heavy atom. The van der Waals surface area contributed by atoms with Gasteiger partial charge in [-0.3, -0.25) is 4.79 Å². The van der Waals surface area contributed by atoms with Gasteiger partial charge in [-0.1, -0.05) is 18.6 Å². The fourth-order valence-electron chi connectivity index (χ4n) is 3.54. The molecule has 1 atom stereocenters. The van der Waals surface area contributed by atoms with Crippen LogP contribution >= 0.6 is 0 Å². The zero-order chi connectivity index (χ0) is 23.4. The molecule has 1 unspecified atom stereocenters. The van der Waals surface area contributed by atoms with Crippen LogP contribution in [0.15, 0.2) is 53.4 Å². The van der Waals surface area contributed by atoms with Gasteiger partial charge in [-0.25, -0.2) is 16.8 Å². The Morgan fingerprint density at radius 3 is 2.56 bits per heavy atom. The van der Waals surface area contributed by atoms with Crippen LogP contribution < -0.4 is 10.1 Å². The maximum absolute atomic E-state index is 13.1. The molecule has 0 bridgehead atoms. The van der Waals surface area contributed by atoms with Crippen molar-refractivity contribution in [2.75, 3.05) is 30.5 Å². The summed E-state index contributed by atoms with van der Waals surface area (Å²) in [5.74, 6) is -0.149. The Bertz CT molecular complexity index is 1180. The van der Waals surface area contributed by atoms with Gasteiger partial charge in [0.15, 0.2) is 9.84 Å². The average Bonchev–Trinajstić information content (AvgIpc) is 2.73. The van der Waals surface area contributed by atoms with Crippen LogP contribution in [0.4, 0.5) is 5.69 Å². The molecule has 10 heteroatoms. The number of nitrogens with one attached hydrogen (secondary N) is 1. The lowest BCUT2D eigenvalue weighted by molar-refractivity contribution is 0.102. The van der Waals surface area contributed by atoms with Crippen LogP contribution in [0.3, 0.4) is 0 Å². The second-order valence-electron chi connectivity index (χ2n) is 7.95. The van der Waals surface area contributed by atoms with Gasteiger partial charge in [-0.05, 0) is 50.1 Å². The van der Waals surface area contributed by atoms with Crippen LogP contribution in [0, 0.1) is 0 Å². The summed E-state index contributed by atoms with van der Waals surface area (Å²) in [6.07, 6.45) is 3.79. The molecule has 1 amide bonds. The lowest BCUT2D eigenvalue weighted by atomic mass is 10.1. The normalized spacial score (nSPS) is 17.6. The summed E-state index contributed by atoms with van der Waals surface area (Å²) in [5, 5.41) is 2.73.